The SMILES string of the molecule is CCCS(=O)(=O)Nc1cccc(C(=O)NC2(CN)CCCC2)c1.Cl. The number of anilines is 1. The van der Waals surface area contributed by atoms with Gasteiger partial charge in [-0.1, -0.05) is 25.8 Å². The van der Waals surface area contributed by atoms with E-state index in [1.165, 1.54) is 0 Å². The van der Waals surface area contributed by atoms with Crippen molar-refractivity contribution in [1.82, 2.24) is 5.32 Å². The Bertz CT molecular complexity index is 658. The summed E-state index contributed by atoms with van der Waals surface area (Å²) in [5, 5.41) is 3.03. The fraction of sp³-hybridized carbons (Fsp3) is 0.562. The fourth-order valence-electron chi connectivity index (χ4n) is 2.97. The predicted molar refractivity (Wildman–Crippen MR) is 99.1 cm³/mol. The monoisotopic (exact) mass is 375 g/mol. The molecule has 0 saturated heterocycles. The van der Waals surface area contributed by atoms with Crippen LogP contribution in [0.1, 0.15) is 49.4 Å². The second kappa shape index (κ2) is 8.69. The Morgan fingerprint density at radius 2 is 1.96 bits per heavy atom. The van der Waals surface area contributed by atoms with E-state index in [0.29, 0.717) is 24.2 Å². The molecule has 8 heteroatoms. The van der Waals surface area contributed by atoms with Gasteiger partial charge < -0.3 is 11.1 Å². The molecule has 1 aliphatic carbocycles. The molecule has 136 valence electrons. The first-order valence-corrected chi connectivity index (χ1v) is 9.68. The van der Waals surface area contributed by atoms with E-state index in [-0.39, 0.29) is 29.6 Å². The highest BCUT2D eigenvalue weighted by Crippen LogP contribution is 2.29. The maximum atomic E-state index is 12.5. The molecule has 1 saturated carbocycles. The third-order valence-corrected chi connectivity index (χ3v) is 5.69. The van der Waals surface area contributed by atoms with Crippen LogP contribution in [-0.2, 0) is 10.0 Å². The van der Waals surface area contributed by atoms with Crippen molar-refractivity contribution in [2.75, 3.05) is 17.0 Å². The molecule has 0 spiro atoms. The molecule has 1 amide bonds. The second-order valence-electron chi connectivity index (χ2n) is 6.15. The molecule has 0 aliphatic heterocycles. The molecule has 0 unspecified atom stereocenters. The first-order valence-electron chi connectivity index (χ1n) is 8.03. The first kappa shape index (κ1) is 20.7. The van der Waals surface area contributed by atoms with Gasteiger partial charge >= 0.3 is 0 Å². The van der Waals surface area contributed by atoms with Crippen molar-refractivity contribution in [3.8, 4) is 0 Å². The number of amides is 1. The summed E-state index contributed by atoms with van der Waals surface area (Å²) < 4.78 is 26.2. The van der Waals surface area contributed by atoms with Crippen LogP contribution < -0.4 is 15.8 Å². The summed E-state index contributed by atoms with van der Waals surface area (Å²) in [6.07, 6.45) is 4.44. The lowest BCUT2D eigenvalue weighted by molar-refractivity contribution is 0.0903. The number of halogens is 1. The highest BCUT2D eigenvalue weighted by Gasteiger charge is 2.34. The predicted octanol–water partition coefficient (Wildman–Crippen LogP) is 2.26. The first-order chi connectivity index (χ1) is 10.9. The Hall–Kier alpha value is -1.31. The molecule has 0 atom stereocenters. The number of hydrogen-bond acceptors (Lipinski definition) is 4. The molecule has 1 aromatic rings. The van der Waals surface area contributed by atoms with Gasteiger partial charge in [0.1, 0.15) is 0 Å². The summed E-state index contributed by atoms with van der Waals surface area (Å²) in [6, 6.07) is 6.54. The normalized spacial score (nSPS) is 16.2. The second-order valence-corrected chi connectivity index (χ2v) is 7.99. The number of benzene rings is 1. The smallest absolute Gasteiger partial charge is 0.251 e. The lowest BCUT2D eigenvalue weighted by atomic mass is 9.97. The Balaban J connectivity index is 0.00000288. The summed E-state index contributed by atoms with van der Waals surface area (Å²) in [6.45, 7) is 2.22. The average molecular weight is 376 g/mol. The molecule has 6 nitrogen and oxygen atoms in total. The number of carbonyl (C=O) groups excluding carboxylic acids is 1. The summed E-state index contributed by atoms with van der Waals surface area (Å²) >= 11 is 0. The molecule has 0 radical (unpaired) electrons. The summed E-state index contributed by atoms with van der Waals surface area (Å²) in [4.78, 5) is 12.5. The minimum Gasteiger partial charge on any atom is -0.345 e. The van der Waals surface area contributed by atoms with Crippen LogP contribution >= 0.6 is 12.4 Å². The van der Waals surface area contributed by atoms with E-state index in [0.717, 1.165) is 25.7 Å². The number of sulfonamides is 1. The van der Waals surface area contributed by atoms with E-state index < -0.39 is 10.0 Å². The lowest BCUT2D eigenvalue weighted by Crippen LogP contribution is -2.51. The summed E-state index contributed by atoms with van der Waals surface area (Å²) in [5.74, 6) is -0.159. The zero-order chi connectivity index (χ0) is 16.9. The third-order valence-electron chi connectivity index (χ3n) is 4.20. The van der Waals surface area contributed by atoms with Crippen LogP contribution in [0, 0.1) is 0 Å². The van der Waals surface area contributed by atoms with Crippen molar-refractivity contribution in [3.63, 3.8) is 0 Å². The van der Waals surface area contributed by atoms with Crippen molar-refractivity contribution in [2.24, 2.45) is 5.73 Å². The van der Waals surface area contributed by atoms with Crippen molar-refractivity contribution in [2.45, 2.75) is 44.6 Å². The molecule has 1 fully saturated rings. The Kier molecular flexibility index (Phi) is 7.51. The van der Waals surface area contributed by atoms with Gasteiger partial charge in [0.05, 0.1) is 11.3 Å². The van der Waals surface area contributed by atoms with Gasteiger partial charge in [0, 0.05) is 17.8 Å². The Labute approximate surface area is 150 Å². The van der Waals surface area contributed by atoms with Crippen molar-refractivity contribution in [1.29, 1.82) is 0 Å². The topological polar surface area (TPSA) is 101 Å². The lowest BCUT2D eigenvalue weighted by Gasteiger charge is -2.28. The maximum Gasteiger partial charge on any atom is 0.251 e. The van der Waals surface area contributed by atoms with Crippen molar-refractivity contribution in [3.05, 3.63) is 29.8 Å². The standard InChI is InChI=1S/C16H25N3O3S.ClH/c1-2-10-23(21,22)19-14-7-5-6-13(11-14)15(20)18-16(12-17)8-3-4-9-16;/h5-7,11,19H,2-4,8-10,12,17H2,1H3,(H,18,20);1H. The van der Waals surface area contributed by atoms with Gasteiger partial charge in [-0.2, -0.15) is 0 Å². The van der Waals surface area contributed by atoms with Gasteiger partial charge in [0.2, 0.25) is 10.0 Å². The molecule has 2 rings (SSSR count). The molecule has 1 aromatic carbocycles. The third kappa shape index (κ3) is 5.36. The fourth-order valence-corrected chi connectivity index (χ4v) is 4.09. The van der Waals surface area contributed by atoms with Crippen molar-refractivity contribution < 1.29 is 13.2 Å². The van der Waals surface area contributed by atoms with Crippen LogP contribution in [0.2, 0.25) is 0 Å². The van der Waals surface area contributed by atoms with Crippen LogP contribution in [0.3, 0.4) is 0 Å². The van der Waals surface area contributed by atoms with Gasteiger partial charge in [0.15, 0.2) is 0 Å². The Morgan fingerprint density at radius 1 is 1.29 bits per heavy atom. The summed E-state index contributed by atoms with van der Waals surface area (Å²) in [5.41, 5.74) is 6.34. The van der Waals surface area contributed by atoms with Crippen LogP contribution in [0.25, 0.3) is 0 Å². The van der Waals surface area contributed by atoms with E-state index in [4.69, 9.17) is 5.73 Å². The largest absolute Gasteiger partial charge is 0.345 e. The zero-order valence-corrected chi connectivity index (χ0v) is 15.5. The quantitative estimate of drug-likeness (QED) is 0.680. The molecular weight excluding hydrogens is 350 g/mol. The maximum absolute atomic E-state index is 12.5. The van der Waals surface area contributed by atoms with Gasteiger partial charge in [-0.3, -0.25) is 9.52 Å². The van der Waals surface area contributed by atoms with E-state index >= 15 is 0 Å². The van der Waals surface area contributed by atoms with E-state index in [1.807, 2.05) is 0 Å². The van der Waals surface area contributed by atoms with Gasteiger partial charge in [-0.25, -0.2) is 8.42 Å². The summed E-state index contributed by atoms with van der Waals surface area (Å²) in [7, 11) is -3.37. The van der Waals surface area contributed by atoms with E-state index in [1.54, 1.807) is 31.2 Å². The van der Waals surface area contributed by atoms with Crippen LogP contribution in [0.15, 0.2) is 24.3 Å². The molecule has 0 heterocycles. The highest BCUT2D eigenvalue weighted by molar-refractivity contribution is 7.92. The van der Waals surface area contributed by atoms with Crippen LogP contribution in [0.4, 0.5) is 5.69 Å². The minimum absolute atomic E-state index is 0. The van der Waals surface area contributed by atoms with Gasteiger partial charge in [0.25, 0.3) is 5.91 Å². The van der Waals surface area contributed by atoms with Crippen LogP contribution in [-0.4, -0.2) is 32.2 Å². The Morgan fingerprint density at radius 3 is 2.54 bits per heavy atom. The number of rotatable bonds is 7. The molecular formula is C16H26ClN3O3S. The van der Waals surface area contributed by atoms with Crippen molar-refractivity contribution >= 4 is 34.0 Å². The zero-order valence-electron chi connectivity index (χ0n) is 13.9. The average Bonchev–Trinajstić information content (AvgIpc) is 2.96. The number of nitrogens with two attached hydrogens (primary N) is 1. The number of hydrogen-bond donors (Lipinski definition) is 3. The molecule has 0 bridgehead atoms. The van der Waals surface area contributed by atoms with Crippen LogP contribution in [0.5, 0.6) is 0 Å². The molecule has 1 aliphatic rings. The van der Waals surface area contributed by atoms with Gasteiger partial charge in [-0.05, 0) is 37.5 Å². The molecule has 0 aromatic heterocycles. The van der Waals surface area contributed by atoms with E-state index in [2.05, 4.69) is 10.0 Å². The molecule has 24 heavy (non-hydrogen) atoms. The highest BCUT2D eigenvalue weighted by atomic mass is 35.5. The van der Waals surface area contributed by atoms with Gasteiger partial charge in [-0.15, -0.1) is 12.4 Å². The molecule has 4 N–H and O–H groups in total. The number of carbonyl (C=O) groups is 1. The number of nitrogens with one attached hydrogen (secondary N) is 2. The van der Waals surface area contributed by atoms with E-state index in [9.17, 15) is 13.2 Å². The minimum atomic E-state index is -3.37.